The number of hydrogen-bond donors (Lipinski definition) is 1. The van der Waals surface area contributed by atoms with Crippen LogP contribution >= 0.6 is 0 Å². The molecule has 132 valence electrons. The SMILES string of the molecule is CC(C)(C)OC(=O)OCCCCNC12CC3CC(CC(C3)C1)C2. The Hall–Kier alpha value is -0.770. The molecule has 0 heterocycles. The molecular weight excluding hydrogens is 290 g/mol. The zero-order chi connectivity index (χ0) is 16.5. The minimum absolute atomic E-state index is 0.445. The number of hydrogen-bond acceptors (Lipinski definition) is 4. The van der Waals surface area contributed by atoms with Gasteiger partial charge in [0.2, 0.25) is 0 Å². The van der Waals surface area contributed by atoms with Crippen LogP contribution in [0.3, 0.4) is 0 Å². The summed E-state index contributed by atoms with van der Waals surface area (Å²) in [7, 11) is 0. The van der Waals surface area contributed by atoms with Crippen LogP contribution in [0.1, 0.15) is 72.1 Å². The standard InChI is InChI=1S/C19H33NO3/c1-18(2,3)23-17(21)22-7-5-4-6-20-19-11-14-8-15(12-19)10-16(9-14)13-19/h14-16,20H,4-13H2,1-3H3. The molecule has 0 unspecified atom stereocenters. The molecule has 0 aromatic carbocycles. The fourth-order valence-corrected chi connectivity index (χ4v) is 5.34. The van der Waals surface area contributed by atoms with Gasteiger partial charge in [0.05, 0.1) is 6.61 Å². The van der Waals surface area contributed by atoms with Crippen LogP contribution in [0.2, 0.25) is 0 Å². The molecule has 4 nitrogen and oxygen atoms in total. The number of ether oxygens (including phenoxy) is 2. The molecule has 0 aromatic heterocycles. The number of unbranched alkanes of at least 4 members (excludes halogenated alkanes) is 1. The van der Waals surface area contributed by atoms with E-state index in [2.05, 4.69) is 5.32 Å². The van der Waals surface area contributed by atoms with Gasteiger partial charge in [-0.3, -0.25) is 0 Å². The summed E-state index contributed by atoms with van der Waals surface area (Å²) in [5.74, 6) is 2.97. The van der Waals surface area contributed by atoms with Gasteiger partial charge in [-0.05, 0) is 96.4 Å². The maximum Gasteiger partial charge on any atom is 0.508 e. The largest absolute Gasteiger partial charge is 0.508 e. The van der Waals surface area contributed by atoms with E-state index >= 15 is 0 Å². The van der Waals surface area contributed by atoms with Gasteiger partial charge in [0.1, 0.15) is 5.60 Å². The quantitative estimate of drug-likeness (QED) is 0.585. The normalized spacial score (nSPS) is 35.3. The zero-order valence-electron chi connectivity index (χ0n) is 15.0. The highest BCUT2D eigenvalue weighted by Gasteiger charge is 2.50. The minimum atomic E-state index is -0.549. The lowest BCUT2D eigenvalue weighted by Gasteiger charge is -2.57. The molecule has 4 rings (SSSR count). The van der Waals surface area contributed by atoms with Gasteiger partial charge in [-0.1, -0.05) is 0 Å². The van der Waals surface area contributed by atoms with Crippen molar-refractivity contribution in [1.29, 1.82) is 0 Å². The molecule has 4 saturated carbocycles. The van der Waals surface area contributed by atoms with Gasteiger partial charge in [-0.15, -0.1) is 0 Å². The van der Waals surface area contributed by atoms with Gasteiger partial charge in [-0.25, -0.2) is 4.79 Å². The van der Waals surface area contributed by atoms with E-state index in [1.54, 1.807) is 0 Å². The molecule has 4 aliphatic rings. The van der Waals surface area contributed by atoms with E-state index in [-0.39, 0.29) is 0 Å². The van der Waals surface area contributed by atoms with Crippen molar-refractivity contribution >= 4 is 6.16 Å². The second-order valence-corrected chi connectivity index (χ2v) is 9.14. The maximum absolute atomic E-state index is 11.5. The Bertz CT molecular complexity index is 392. The molecule has 0 atom stereocenters. The Kier molecular flexibility index (Phi) is 4.91. The van der Waals surface area contributed by atoms with E-state index in [4.69, 9.17) is 9.47 Å². The Morgan fingerprint density at radius 3 is 2.13 bits per heavy atom. The lowest BCUT2D eigenvalue weighted by Crippen LogP contribution is -2.58. The summed E-state index contributed by atoms with van der Waals surface area (Å²) in [6.45, 7) is 7.05. The molecule has 1 N–H and O–H groups in total. The van der Waals surface area contributed by atoms with E-state index in [1.165, 1.54) is 38.5 Å². The van der Waals surface area contributed by atoms with Crippen LogP contribution in [0.25, 0.3) is 0 Å². The molecule has 0 amide bonds. The first-order chi connectivity index (χ1) is 10.8. The second kappa shape index (κ2) is 6.62. The van der Waals surface area contributed by atoms with Gasteiger partial charge in [0.25, 0.3) is 0 Å². The Morgan fingerprint density at radius 1 is 1.04 bits per heavy atom. The monoisotopic (exact) mass is 323 g/mol. The van der Waals surface area contributed by atoms with Crippen LogP contribution in [-0.2, 0) is 9.47 Å². The van der Waals surface area contributed by atoms with E-state index in [0.717, 1.165) is 37.1 Å². The number of rotatable bonds is 6. The van der Waals surface area contributed by atoms with E-state index in [0.29, 0.717) is 12.1 Å². The molecule has 0 aromatic rings. The van der Waals surface area contributed by atoms with Gasteiger partial charge in [-0.2, -0.15) is 0 Å². The number of nitrogens with one attached hydrogen (secondary N) is 1. The van der Waals surface area contributed by atoms with Crippen molar-refractivity contribution in [2.24, 2.45) is 17.8 Å². The highest BCUT2D eigenvalue weighted by molar-refractivity contribution is 5.60. The average molecular weight is 323 g/mol. The van der Waals surface area contributed by atoms with Crippen LogP contribution in [0, 0.1) is 17.8 Å². The third-order valence-electron chi connectivity index (χ3n) is 5.72. The molecular formula is C19H33NO3. The first kappa shape index (κ1) is 17.1. The number of carbonyl (C=O) groups excluding carboxylic acids is 1. The summed E-state index contributed by atoms with van der Waals surface area (Å²) < 4.78 is 10.3. The summed E-state index contributed by atoms with van der Waals surface area (Å²) in [5, 5.41) is 3.88. The van der Waals surface area contributed by atoms with Crippen LogP contribution in [0.15, 0.2) is 0 Å². The Labute approximate surface area is 140 Å². The molecule has 4 heteroatoms. The van der Waals surface area contributed by atoms with Gasteiger partial charge in [0, 0.05) is 5.54 Å². The molecule has 0 spiro atoms. The topological polar surface area (TPSA) is 47.6 Å². The van der Waals surface area contributed by atoms with Gasteiger partial charge >= 0.3 is 6.16 Å². The number of carbonyl (C=O) groups is 1. The summed E-state index contributed by atoms with van der Waals surface area (Å²) in [5.41, 5.74) is -0.0298. The first-order valence-electron chi connectivity index (χ1n) is 9.44. The van der Waals surface area contributed by atoms with Crippen LogP contribution < -0.4 is 5.32 Å². The van der Waals surface area contributed by atoms with Crippen molar-refractivity contribution in [2.75, 3.05) is 13.2 Å². The summed E-state index contributed by atoms with van der Waals surface area (Å²) in [4.78, 5) is 11.5. The van der Waals surface area contributed by atoms with Gasteiger partial charge < -0.3 is 14.8 Å². The van der Waals surface area contributed by atoms with E-state index in [1.807, 2.05) is 20.8 Å². The van der Waals surface area contributed by atoms with Crippen molar-refractivity contribution in [3.8, 4) is 0 Å². The predicted octanol–water partition coefficient (Wildman–Crippen LogP) is 4.28. The fraction of sp³-hybridized carbons (Fsp3) is 0.947. The maximum atomic E-state index is 11.5. The van der Waals surface area contributed by atoms with Crippen molar-refractivity contribution in [3.63, 3.8) is 0 Å². The Morgan fingerprint density at radius 2 is 1.61 bits per heavy atom. The van der Waals surface area contributed by atoms with Crippen molar-refractivity contribution < 1.29 is 14.3 Å². The molecule has 23 heavy (non-hydrogen) atoms. The van der Waals surface area contributed by atoms with Crippen molar-refractivity contribution in [3.05, 3.63) is 0 Å². The van der Waals surface area contributed by atoms with E-state index < -0.39 is 11.8 Å². The van der Waals surface area contributed by atoms with Crippen molar-refractivity contribution in [1.82, 2.24) is 5.32 Å². The Balaban J connectivity index is 1.30. The van der Waals surface area contributed by atoms with E-state index in [9.17, 15) is 4.79 Å². The highest BCUT2D eigenvalue weighted by Crippen LogP contribution is 2.55. The average Bonchev–Trinajstić information content (AvgIpc) is 2.39. The molecule has 0 radical (unpaired) electrons. The third kappa shape index (κ3) is 4.62. The molecule has 4 fully saturated rings. The molecule has 0 saturated heterocycles. The fourth-order valence-electron chi connectivity index (χ4n) is 5.34. The third-order valence-corrected chi connectivity index (χ3v) is 5.72. The predicted molar refractivity (Wildman–Crippen MR) is 90.3 cm³/mol. The lowest BCUT2D eigenvalue weighted by atomic mass is 9.53. The summed E-state index contributed by atoms with van der Waals surface area (Å²) in [6, 6.07) is 0. The molecule has 4 aliphatic carbocycles. The van der Waals surface area contributed by atoms with Crippen molar-refractivity contribution in [2.45, 2.75) is 83.3 Å². The summed E-state index contributed by atoms with van der Waals surface area (Å²) >= 11 is 0. The first-order valence-corrected chi connectivity index (χ1v) is 9.44. The van der Waals surface area contributed by atoms with Gasteiger partial charge in [0.15, 0.2) is 0 Å². The zero-order valence-corrected chi connectivity index (χ0v) is 15.0. The van der Waals surface area contributed by atoms with Crippen LogP contribution in [0.5, 0.6) is 0 Å². The smallest absolute Gasteiger partial charge is 0.434 e. The second-order valence-electron chi connectivity index (χ2n) is 9.14. The van der Waals surface area contributed by atoms with Crippen LogP contribution in [-0.4, -0.2) is 30.4 Å². The van der Waals surface area contributed by atoms with Crippen LogP contribution in [0.4, 0.5) is 4.79 Å². The molecule has 0 aliphatic heterocycles. The summed E-state index contributed by atoms with van der Waals surface area (Å²) in [6.07, 6.45) is 10.1. The molecule has 4 bridgehead atoms. The lowest BCUT2D eigenvalue weighted by molar-refractivity contribution is -0.0206. The minimum Gasteiger partial charge on any atom is -0.434 e. The highest BCUT2D eigenvalue weighted by atomic mass is 16.7.